The summed E-state index contributed by atoms with van der Waals surface area (Å²) in [5, 5.41) is 5.51. The first-order valence-electron chi connectivity index (χ1n) is 19.2. The summed E-state index contributed by atoms with van der Waals surface area (Å²) in [6.07, 6.45) is 61.5. The molecule has 0 saturated carbocycles. The minimum Gasteiger partial charge on any atom is -0.355 e. The van der Waals surface area contributed by atoms with Crippen LogP contribution in [0.25, 0.3) is 0 Å². The standard InChI is InChI=1S/C23H36N2O.C22H36N2O/c1-2-3-4-5-6-7-8-9-10-11-12-13-14-15-16-17-18-19-20-23(26)25-22-21-24;1-2-3-4-5-6-7-8-9-10-11-12-13-14-15-16-17-18-19-22(25)24-21-20-23/h3-4,6-7,9-10,12-13,15-16,18-19H,2,5,8,11,14,17,20-22,24H2,1H3,(H,25,26);3-4,6-7,9-10,12-13,15-16H,2,5,8,11,14,17-21,23H2,1H3,(H,24,25)/b4-3-,7-6-,10-9-,13-12-,16-15-,19-18-;4-3-,7-6-,10-9-,13-12-,16-15-. The van der Waals surface area contributed by atoms with E-state index >= 15 is 0 Å². The Balaban J connectivity index is 0. The van der Waals surface area contributed by atoms with Crippen LogP contribution in [0.15, 0.2) is 134 Å². The van der Waals surface area contributed by atoms with Crippen molar-refractivity contribution in [2.24, 2.45) is 11.5 Å². The summed E-state index contributed by atoms with van der Waals surface area (Å²) in [4.78, 5) is 22.7. The zero-order chi connectivity index (χ0) is 37.6. The van der Waals surface area contributed by atoms with E-state index in [4.69, 9.17) is 11.5 Å². The van der Waals surface area contributed by atoms with Gasteiger partial charge >= 0.3 is 0 Å². The summed E-state index contributed by atoms with van der Waals surface area (Å²) in [7, 11) is 0. The van der Waals surface area contributed by atoms with E-state index in [0.717, 1.165) is 83.5 Å². The minimum atomic E-state index is 0.0236. The molecule has 0 aromatic rings. The van der Waals surface area contributed by atoms with Gasteiger partial charge in [0, 0.05) is 39.0 Å². The van der Waals surface area contributed by atoms with Gasteiger partial charge < -0.3 is 22.1 Å². The van der Waals surface area contributed by atoms with Crippen LogP contribution in [-0.2, 0) is 9.59 Å². The molecule has 0 heterocycles. The molecule has 0 saturated heterocycles. The van der Waals surface area contributed by atoms with Crippen LogP contribution in [-0.4, -0.2) is 38.0 Å². The average Bonchev–Trinajstić information content (AvgIpc) is 3.14. The number of unbranched alkanes of at least 4 members (excludes halogenated alkanes) is 1. The van der Waals surface area contributed by atoms with Gasteiger partial charge in [-0.3, -0.25) is 9.59 Å². The molecule has 0 spiro atoms. The van der Waals surface area contributed by atoms with Gasteiger partial charge in [-0.2, -0.15) is 0 Å². The Morgan fingerprint density at radius 1 is 0.412 bits per heavy atom. The Kier molecular flexibility index (Phi) is 44.3. The molecular formula is C45H72N4O2. The molecule has 0 radical (unpaired) electrons. The zero-order valence-corrected chi connectivity index (χ0v) is 32.1. The summed E-state index contributed by atoms with van der Waals surface area (Å²) in [6.45, 7) is 6.40. The Hall–Kier alpha value is -4.00. The summed E-state index contributed by atoms with van der Waals surface area (Å²) >= 11 is 0. The van der Waals surface area contributed by atoms with Gasteiger partial charge in [0.05, 0.1) is 0 Å². The Morgan fingerprint density at radius 3 is 1.04 bits per heavy atom. The van der Waals surface area contributed by atoms with E-state index in [2.05, 4.69) is 146 Å². The lowest BCUT2D eigenvalue weighted by atomic mass is 10.2. The molecule has 0 rings (SSSR count). The van der Waals surface area contributed by atoms with E-state index < -0.39 is 0 Å². The van der Waals surface area contributed by atoms with Gasteiger partial charge in [0.1, 0.15) is 0 Å². The van der Waals surface area contributed by atoms with Crippen LogP contribution in [0.3, 0.4) is 0 Å². The second kappa shape index (κ2) is 46.0. The highest BCUT2D eigenvalue weighted by Gasteiger charge is 1.97. The zero-order valence-electron chi connectivity index (χ0n) is 32.1. The van der Waals surface area contributed by atoms with Gasteiger partial charge in [-0.05, 0) is 83.5 Å². The largest absolute Gasteiger partial charge is 0.355 e. The number of nitrogens with one attached hydrogen (secondary N) is 2. The molecule has 6 heteroatoms. The predicted octanol–water partition coefficient (Wildman–Crippen LogP) is 10.1. The smallest absolute Gasteiger partial charge is 0.223 e. The monoisotopic (exact) mass is 701 g/mol. The highest BCUT2D eigenvalue weighted by molar-refractivity contribution is 5.77. The highest BCUT2D eigenvalue weighted by Crippen LogP contribution is 2.00. The van der Waals surface area contributed by atoms with Crippen LogP contribution in [0.4, 0.5) is 0 Å². The fourth-order valence-corrected chi connectivity index (χ4v) is 4.04. The molecule has 0 fully saturated rings. The third-order valence-electron chi connectivity index (χ3n) is 6.77. The van der Waals surface area contributed by atoms with Crippen LogP contribution >= 0.6 is 0 Å². The molecule has 0 aromatic heterocycles. The maximum atomic E-state index is 11.3. The van der Waals surface area contributed by atoms with Crippen LogP contribution in [0.1, 0.15) is 110 Å². The van der Waals surface area contributed by atoms with Gasteiger partial charge in [-0.15, -0.1) is 0 Å². The molecule has 0 atom stereocenters. The Labute approximate surface area is 312 Å². The van der Waals surface area contributed by atoms with Crippen molar-refractivity contribution >= 4 is 11.8 Å². The van der Waals surface area contributed by atoms with Gasteiger partial charge in [0.25, 0.3) is 0 Å². The minimum absolute atomic E-state index is 0.0236. The van der Waals surface area contributed by atoms with Crippen molar-refractivity contribution in [2.45, 2.75) is 110 Å². The quantitative estimate of drug-likeness (QED) is 0.0442. The number of hydrogen-bond acceptors (Lipinski definition) is 4. The van der Waals surface area contributed by atoms with E-state index in [-0.39, 0.29) is 11.8 Å². The number of rotatable bonds is 30. The molecule has 0 aliphatic rings. The van der Waals surface area contributed by atoms with E-state index in [0.29, 0.717) is 39.0 Å². The second-order valence-electron chi connectivity index (χ2n) is 11.5. The van der Waals surface area contributed by atoms with E-state index in [1.165, 1.54) is 0 Å². The summed E-state index contributed by atoms with van der Waals surface area (Å²) in [6, 6.07) is 0. The fourth-order valence-electron chi connectivity index (χ4n) is 4.04. The number of allylic oxidation sites excluding steroid dienone is 21. The van der Waals surface area contributed by atoms with Crippen molar-refractivity contribution in [3.8, 4) is 0 Å². The first-order valence-corrected chi connectivity index (χ1v) is 19.2. The van der Waals surface area contributed by atoms with Crippen molar-refractivity contribution in [3.05, 3.63) is 134 Å². The molecule has 284 valence electrons. The topological polar surface area (TPSA) is 110 Å². The summed E-state index contributed by atoms with van der Waals surface area (Å²) in [5.74, 6) is 0.119. The van der Waals surface area contributed by atoms with Crippen LogP contribution in [0.2, 0.25) is 0 Å². The third kappa shape index (κ3) is 48.2. The van der Waals surface area contributed by atoms with Gasteiger partial charge in [0.2, 0.25) is 11.8 Å². The van der Waals surface area contributed by atoms with Crippen LogP contribution in [0, 0.1) is 0 Å². The molecular weight excluding hydrogens is 629 g/mol. The average molecular weight is 701 g/mol. The fraction of sp³-hybridized carbons (Fsp3) is 0.467. The summed E-state index contributed by atoms with van der Waals surface area (Å²) < 4.78 is 0. The molecule has 0 bridgehead atoms. The van der Waals surface area contributed by atoms with E-state index in [9.17, 15) is 9.59 Å². The van der Waals surface area contributed by atoms with Gasteiger partial charge in [0.15, 0.2) is 0 Å². The first-order chi connectivity index (χ1) is 25.1. The third-order valence-corrected chi connectivity index (χ3v) is 6.77. The molecule has 6 nitrogen and oxygen atoms in total. The molecule has 6 N–H and O–H groups in total. The molecule has 0 aliphatic heterocycles. The van der Waals surface area contributed by atoms with Crippen molar-refractivity contribution in [1.29, 1.82) is 0 Å². The highest BCUT2D eigenvalue weighted by atomic mass is 16.2. The lowest BCUT2D eigenvalue weighted by molar-refractivity contribution is -0.121. The normalized spacial score (nSPS) is 12.7. The number of carbonyl (C=O) groups excluding carboxylic acids is 2. The van der Waals surface area contributed by atoms with Gasteiger partial charge in [-0.25, -0.2) is 0 Å². The lowest BCUT2D eigenvalue weighted by Gasteiger charge is -2.01. The number of hydrogen-bond donors (Lipinski definition) is 4. The number of carbonyl (C=O) groups is 2. The maximum Gasteiger partial charge on any atom is 0.223 e. The Bertz CT molecular complexity index is 1120. The second-order valence-corrected chi connectivity index (χ2v) is 11.5. The molecule has 0 aromatic carbocycles. The van der Waals surface area contributed by atoms with E-state index in [1.54, 1.807) is 0 Å². The lowest BCUT2D eigenvalue weighted by Crippen LogP contribution is -2.28. The first kappa shape index (κ1) is 49.1. The van der Waals surface area contributed by atoms with Crippen molar-refractivity contribution < 1.29 is 9.59 Å². The molecule has 0 aliphatic carbocycles. The number of nitrogens with two attached hydrogens (primary N) is 2. The number of amides is 2. The van der Waals surface area contributed by atoms with Crippen molar-refractivity contribution in [2.75, 3.05) is 26.2 Å². The van der Waals surface area contributed by atoms with Crippen LogP contribution < -0.4 is 22.1 Å². The molecule has 2 amide bonds. The predicted molar refractivity (Wildman–Crippen MR) is 225 cm³/mol. The maximum absolute atomic E-state index is 11.3. The van der Waals surface area contributed by atoms with Gasteiger partial charge in [-0.1, -0.05) is 148 Å². The Morgan fingerprint density at radius 2 is 0.706 bits per heavy atom. The van der Waals surface area contributed by atoms with Crippen LogP contribution in [0.5, 0.6) is 0 Å². The SMILES string of the molecule is CC/C=C\C/C=C\C/C=C\C/C=C\C/C=C\C/C=C\CC(=O)NCCN.CC/C=C\C/C=C\C/C=C\C/C=C\C/C=C\CCCC(=O)NCCN. The van der Waals surface area contributed by atoms with E-state index in [1.807, 2.05) is 12.2 Å². The van der Waals surface area contributed by atoms with Crippen molar-refractivity contribution in [3.63, 3.8) is 0 Å². The molecule has 51 heavy (non-hydrogen) atoms. The van der Waals surface area contributed by atoms with Crippen molar-refractivity contribution in [1.82, 2.24) is 10.6 Å². The summed E-state index contributed by atoms with van der Waals surface area (Å²) in [5.41, 5.74) is 10.7. The molecule has 0 unspecified atom stereocenters.